The fourth-order valence-electron chi connectivity index (χ4n) is 1.84. The van der Waals surface area contributed by atoms with Crippen molar-refractivity contribution in [2.45, 2.75) is 10.6 Å². The summed E-state index contributed by atoms with van der Waals surface area (Å²) in [5, 5.41) is 2.87. The van der Waals surface area contributed by atoms with Crippen molar-refractivity contribution < 1.29 is 9.00 Å². The molecule has 2 aromatic carbocycles. The van der Waals surface area contributed by atoms with Crippen LogP contribution in [0.1, 0.15) is 5.56 Å². The van der Waals surface area contributed by atoms with Gasteiger partial charge < -0.3 is 5.32 Å². The van der Waals surface area contributed by atoms with Gasteiger partial charge in [-0.15, -0.1) is 11.8 Å². The fourth-order valence-corrected chi connectivity index (χ4v) is 3.20. The van der Waals surface area contributed by atoms with Crippen molar-refractivity contribution in [3.8, 4) is 0 Å². The lowest BCUT2D eigenvalue weighted by molar-refractivity contribution is -0.113. The van der Waals surface area contributed by atoms with E-state index in [9.17, 15) is 9.00 Å². The van der Waals surface area contributed by atoms with Crippen LogP contribution in [0.2, 0.25) is 0 Å². The largest absolute Gasteiger partial charge is 0.325 e. The Morgan fingerprint density at radius 2 is 1.90 bits per heavy atom. The summed E-state index contributed by atoms with van der Waals surface area (Å²) in [4.78, 5) is 13.0. The fraction of sp³-hybridized carbons (Fsp3) is 0.188. The maximum absolute atomic E-state index is 11.9. The first kappa shape index (κ1) is 15.8. The Kier molecular flexibility index (Phi) is 6.02. The summed E-state index contributed by atoms with van der Waals surface area (Å²) in [6, 6.07) is 17.3. The molecule has 2 aromatic rings. The van der Waals surface area contributed by atoms with Gasteiger partial charge in [-0.25, -0.2) is 0 Å². The van der Waals surface area contributed by atoms with E-state index in [0.717, 1.165) is 16.1 Å². The average molecular weight is 319 g/mol. The van der Waals surface area contributed by atoms with Crippen LogP contribution in [0, 0.1) is 0 Å². The highest BCUT2D eigenvalue weighted by Gasteiger charge is 2.05. The third-order valence-electron chi connectivity index (χ3n) is 2.69. The molecule has 0 fully saturated rings. The quantitative estimate of drug-likeness (QED) is 0.831. The maximum atomic E-state index is 11.9. The van der Waals surface area contributed by atoms with E-state index in [2.05, 4.69) is 5.32 Å². The van der Waals surface area contributed by atoms with Gasteiger partial charge in [-0.2, -0.15) is 0 Å². The molecule has 0 saturated carbocycles. The molecule has 3 nitrogen and oxygen atoms in total. The first-order chi connectivity index (χ1) is 10.1. The average Bonchev–Trinajstić information content (AvgIpc) is 2.46. The minimum absolute atomic E-state index is 0.0429. The number of rotatable bonds is 6. The van der Waals surface area contributed by atoms with Crippen molar-refractivity contribution in [2.75, 3.05) is 17.3 Å². The molecule has 0 aromatic heterocycles. The van der Waals surface area contributed by atoms with Crippen LogP contribution in [0.3, 0.4) is 0 Å². The van der Waals surface area contributed by atoms with Gasteiger partial charge in [-0.05, 0) is 29.8 Å². The molecule has 1 N–H and O–H groups in total. The lowest BCUT2D eigenvalue weighted by atomic mass is 10.2. The van der Waals surface area contributed by atoms with Gasteiger partial charge in [0, 0.05) is 33.4 Å². The first-order valence-corrected chi connectivity index (χ1v) is 9.21. The number of benzene rings is 2. The van der Waals surface area contributed by atoms with Crippen molar-refractivity contribution in [3.63, 3.8) is 0 Å². The lowest BCUT2D eigenvalue weighted by Gasteiger charge is -2.07. The molecule has 0 aliphatic rings. The third-order valence-corrected chi connectivity index (χ3v) is 4.45. The molecule has 110 valence electrons. The van der Waals surface area contributed by atoms with Crippen LogP contribution in [0.15, 0.2) is 59.5 Å². The Morgan fingerprint density at radius 3 is 2.62 bits per heavy atom. The van der Waals surface area contributed by atoms with Crippen LogP contribution in [-0.2, 0) is 21.3 Å². The second-order valence-electron chi connectivity index (χ2n) is 4.57. The second kappa shape index (κ2) is 8.00. The van der Waals surface area contributed by atoms with Crippen molar-refractivity contribution >= 4 is 34.2 Å². The standard InChI is InChI=1S/C16H17NO2S2/c1-21(19)12-13-6-5-7-14(10-13)17-16(18)11-20-15-8-3-2-4-9-15/h2-10H,11-12H2,1H3,(H,17,18). The van der Waals surface area contributed by atoms with E-state index in [4.69, 9.17) is 0 Å². The maximum Gasteiger partial charge on any atom is 0.234 e. The number of anilines is 1. The molecule has 0 spiro atoms. The molecule has 0 bridgehead atoms. The zero-order valence-corrected chi connectivity index (χ0v) is 13.4. The van der Waals surface area contributed by atoms with E-state index in [-0.39, 0.29) is 5.91 Å². The van der Waals surface area contributed by atoms with Crippen molar-refractivity contribution in [1.29, 1.82) is 0 Å². The zero-order chi connectivity index (χ0) is 15.1. The summed E-state index contributed by atoms with van der Waals surface area (Å²) in [6.45, 7) is 0. The Balaban J connectivity index is 1.89. The van der Waals surface area contributed by atoms with E-state index in [1.54, 1.807) is 6.26 Å². The number of nitrogens with one attached hydrogen (secondary N) is 1. The molecule has 0 radical (unpaired) electrons. The summed E-state index contributed by atoms with van der Waals surface area (Å²) in [5.41, 5.74) is 1.71. The van der Waals surface area contributed by atoms with Gasteiger partial charge in [-0.1, -0.05) is 30.3 Å². The van der Waals surface area contributed by atoms with Crippen LogP contribution in [-0.4, -0.2) is 22.1 Å². The molecule has 1 amide bonds. The van der Waals surface area contributed by atoms with E-state index in [1.807, 2.05) is 54.6 Å². The van der Waals surface area contributed by atoms with E-state index in [0.29, 0.717) is 11.5 Å². The number of hydrogen-bond donors (Lipinski definition) is 1. The van der Waals surface area contributed by atoms with E-state index >= 15 is 0 Å². The first-order valence-electron chi connectivity index (χ1n) is 6.50. The van der Waals surface area contributed by atoms with Gasteiger partial charge in [0.25, 0.3) is 0 Å². The monoisotopic (exact) mass is 319 g/mol. The van der Waals surface area contributed by atoms with Crippen LogP contribution in [0.4, 0.5) is 5.69 Å². The molecule has 1 unspecified atom stereocenters. The van der Waals surface area contributed by atoms with E-state index in [1.165, 1.54) is 11.8 Å². The highest BCUT2D eigenvalue weighted by Crippen LogP contribution is 2.18. The zero-order valence-electron chi connectivity index (χ0n) is 11.7. The molecule has 2 rings (SSSR count). The van der Waals surface area contributed by atoms with Crippen molar-refractivity contribution in [1.82, 2.24) is 0 Å². The highest BCUT2D eigenvalue weighted by molar-refractivity contribution is 8.00. The van der Waals surface area contributed by atoms with Gasteiger partial charge in [0.15, 0.2) is 0 Å². The van der Waals surface area contributed by atoms with E-state index < -0.39 is 10.8 Å². The number of carbonyl (C=O) groups excluding carboxylic acids is 1. The molecule has 0 aliphatic carbocycles. The topological polar surface area (TPSA) is 46.2 Å². The predicted molar refractivity (Wildman–Crippen MR) is 90.0 cm³/mol. The minimum atomic E-state index is -0.883. The van der Waals surface area contributed by atoms with Crippen molar-refractivity contribution in [2.24, 2.45) is 0 Å². The number of thioether (sulfide) groups is 1. The number of amides is 1. The molecule has 0 heterocycles. The summed E-state index contributed by atoms with van der Waals surface area (Å²) in [5.74, 6) is 0.829. The van der Waals surface area contributed by atoms with Crippen LogP contribution >= 0.6 is 11.8 Å². The Morgan fingerprint density at radius 1 is 1.14 bits per heavy atom. The molecule has 21 heavy (non-hydrogen) atoms. The summed E-state index contributed by atoms with van der Waals surface area (Å²) >= 11 is 1.50. The van der Waals surface area contributed by atoms with Crippen LogP contribution in [0.5, 0.6) is 0 Å². The smallest absolute Gasteiger partial charge is 0.234 e. The third kappa shape index (κ3) is 5.73. The normalized spacial score (nSPS) is 11.9. The van der Waals surface area contributed by atoms with Gasteiger partial charge in [0.2, 0.25) is 5.91 Å². The second-order valence-corrected chi connectivity index (χ2v) is 7.05. The minimum Gasteiger partial charge on any atom is -0.325 e. The molecule has 5 heteroatoms. The molecule has 0 saturated heterocycles. The Hall–Kier alpha value is -1.59. The van der Waals surface area contributed by atoms with Crippen LogP contribution < -0.4 is 5.32 Å². The molecule has 1 atom stereocenters. The number of carbonyl (C=O) groups is 1. The van der Waals surface area contributed by atoms with Gasteiger partial charge in [0.05, 0.1) is 5.75 Å². The number of hydrogen-bond acceptors (Lipinski definition) is 3. The lowest BCUT2D eigenvalue weighted by Crippen LogP contribution is -2.14. The predicted octanol–water partition coefficient (Wildman–Crippen LogP) is 3.30. The summed E-state index contributed by atoms with van der Waals surface area (Å²) in [6.07, 6.45) is 1.67. The Bertz CT molecular complexity index is 629. The summed E-state index contributed by atoms with van der Waals surface area (Å²) in [7, 11) is -0.883. The van der Waals surface area contributed by atoms with Gasteiger partial charge in [0.1, 0.15) is 0 Å². The molecular formula is C16H17NO2S2. The molecular weight excluding hydrogens is 302 g/mol. The molecule has 0 aliphatic heterocycles. The highest BCUT2D eigenvalue weighted by atomic mass is 32.2. The Labute approximate surface area is 131 Å². The van der Waals surface area contributed by atoms with Gasteiger partial charge >= 0.3 is 0 Å². The van der Waals surface area contributed by atoms with Gasteiger partial charge in [-0.3, -0.25) is 9.00 Å². The summed E-state index contributed by atoms with van der Waals surface area (Å²) < 4.78 is 11.2. The van der Waals surface area contributed by atoms with Crippen molar-refractivity contribution in [3.05, 3.63) is 60.2 Å². The SMILES string of the molecule is CS(=O)Cc1cccc(NC(=O)CSc2ccccc2)c1. The van der Waals surface area contributed by atoms with Crippen LogP contribution in [0.25, 0.3) is 0 Å².